The average Bonchev–Trinajstić information content (AvgIpc) is 3.83. The second-order valence-electron chi connectivity index (χ2n) is 9.77. The van der Waals surface area contributed by atoms with E-state index in [1.165, 1.54) is 18.2 Å². The van der Waals surface area contributed by atoms with Crippen LogP contribution in [0.25, 0.3) is 0 Å². The molecule has 1 fully saturated rings. The third kappa shape index (κ3) is 9.34. The maximum absolute atomic E-state index is 13.0. The summed E-state index contributed by atoms with van der Waals surface area (Å²) < 4.78 is 32.9. The molecule has 0 bridgehead atoms. The van der Waals surface area contributed by atoms with Crippen LogP contribution in [0.2, 0.25) is 0 Å². The van der Waals surface area contributed by atoms with Crippen molar-refractivity contribution in [2.24, 2.45) is 0 Å². The Bertz CT molecular complexity index is 1330. The van der Waals surface area contributed by atoms with Crippen LogP contribution in [0.1, 0.15) is 77.0 Å². The lowest BCUT2D eigenvalue weighted by Gasteiger charge is -2.13. The highest BCUT2D eigenvalue weighted by Gasteiger charge is 2.24. The lowest BCUT2D eigenvalue weighted by Crippen LogP contribution is -2.15. The van der Waals surface area contributed by atoms with Crippen molar-refractivity contribution in [3.8, 4) is 23.0 Å². The van der Waals surface area contributed by atoms with Crippen molar-refractivity contribution in [1.29, 1.82) is 0 Å². The van der Waals surface area contributed by atoms with Gasteiger partial charge in [0, 0.05) is 6.42 Å². The van der Waals surface area contributed by atoms with Crippen molar-refractivity contribution in [1.82, 2.24) is 0 Å². The third-order valence-corrected chi connectivity index (χ3v) is 6.37. The summed E-state index contributed by atoms with van der Waals surface area (Å²) in [5.74, 6) is -0.629. The Morgan fingerprint density at radius 1 is 0.690 bits per heavy atom. The summed E-state index contributed by atoms with van der Waals surface area (Å²) in [5.41, 5.74) is 0.536. The van der Waals surface area contributed by atoms with E-state index in [0.717, 1.165) is 25.7 Å². The molecule has 1 aliphatic rings. The number of hydrogen-bond donors (Lipinski definition) is 0. The van der Waals surface area contributed by atoms with Crippen LogP contribution in [0.5, 0.6) is 23.0 Å². The minimum Gasteiger partial charge on any atom is -0.494 e. The van der Waals surface area contributed by atoms with E-state index in [0.29, 0.717) is 43.3 Å². The predicted molar refractivity (Wildman–Crippen MR) is 155 cm³/mol. The topological polar surface area (TPSA) is 110 Å². The van der Waals surface area contributed by atoms with E-state index in [-0.39, 0.29) is 35.3 Å². The van der Waals surface area contributed by atoms with Gasteiger partial charge in [-0.2, -0.15) is 0 Å². The van der Waals surface area contributed by atoms with E-state index >= 15 is 0 Å². The SMILES string of the molecule is CCCCOc1ccc(C(=O)Oc2ccc(OC(=O)c3ccc(OCCCC)cc3)c(C(=O)OCCC3CO3)c2)cc1. The molecule has 1 atom stereocenters. The molecule has 1 saturated heterocycles. The smallest absolute Gasteiger partial charge is 0.343 e. The molecule has 3 aromatic carbocycles. The molecule has 42 heavy (non-hydrogen) atoms. The molecule has 0 N–H and O–H groups in total. The van der Waals surface area contributed by atoms with Gasteiger partial charge in [-0.15, -0.1) is 0 Å². The largest absolute Gasteiger partial charge is 0.494 e. The number of esters is 3. The van der Waals surface area contributed by atoms with Crippen molar-refractivity contribution in [2.45, 2.75) is 52.1 Å². The Labute approximate surface area is 245 Å². The minimum absolute atomic E-state index is 0.0238. The van der Waals surface area contributed by atoms with Crippen molar-refractivity contribution in [2.75, 3.05) is 26.4 Å². The van der Waals surface area contributed by atoms with E-state index in [4.69, 9.17) is 28.4 Å². The normalized spacial score (nSPS) is 13.6. The zero-order valence-corrected chi connectivity index (χ0v) is 24.0. The molecule has 9 nitrogen and oxygen atoms in total. The summed E-state index contributed by atoms with van der Waals surface area (Å²) in [6.07, 6.45) is 4.55. The Morgan fingerprint density at radius 3 is 1.74 bits per heavy atom. The fraction of sp³-hybridized carbons (Fsp3) is 0.364. The van der Waals surface area contributed by atoms with Gasteiger partial charge in [-0.05, 0) is 79.6 Å². The van der Waals surface area contributed by atoms with E-state index in [1.807, 2.05) is 0 Å². The predicted octanol–water partition coefficient (Wildman–Crippen LogP) is 6.43. The highest BCUT2D eigenvalue weighted by atomic mass is 16.6. The molecule has 0 aliphatic carbocycles. The first kappa shape index (κ1) is 30.6. The molecule has 3 aromatic rings. The van der Waals surface area contributed by atoms with Crippen LogP contribution in [-0.4, -0.2) is 50.4 Å². The molecule has 0 amide bonds. The number of carbonyl (C=O) groups excluding carboxylic acids is 3. The standard InChI is InChI=1S/C33H36O9/c1-3-5-18-37-25-11-7-23(8-12-25)31(34)41-27-15-16-30(29(21-27)33(36)39-20-17-28-22-40-28)42-32(35)24-9-13-26(14-10-24)38-19-6-4-2/h7-16,21,28H,3-6,17-20,22H2,1-2H3. The van der Waals surface area contributed by atoms with Gasteiger partial charge in [0.25, 0.3) is 0 Å². The molecular formula is C33H36O9. The van der Waals surface area contributed by atoms with E-state index in [2.05, 4.69) is 13.8 Å². The summed E-state index contributed by atoms with van der Waals surface area (Å²) in [4.78, 5) is 38.7. The molecule has 1 aliphatic heterocycles. The summed E-state index contributed by atoms with van der Waals surface area (Å²) in [5, 5.41) is 0. The summed E-state index contributed by atoms with van der Waals surface area (Å²) in [7, 11) is 0. The van der Waals surface area contributed by atoms with Gasteiger partial charge in [-0.3, -0.25) is 0 Å². The number of unbranched alkanes of at least 4 members (excludes halogenated alkanes) is 2. The molecule has 1 unspecified atom stereocenters. The fourth-order valence-corrected chi connectivity index (χ4v) is 3.78. The van der Waals surface area contributed by atoms with Crippen LogP contribution in [-0.2, 0) is 9.47 Å². The first-order chi connectivity index (χ1) is 20.5. The second kappa shape index (κ2) is 15.6. The number of epoxide rings is 1. The second-order valence-corrected chi connectivity index (χ2v) is 9.77. The summed E-state index contributed by atoms with van der Waals surface area (Å²) in [6.45, 7) is 6.12. The maximum atomic E-state index is 13.0. The molecule has 4 rings (SSSR count). The Morgan fingerprint density at radius 2 is 1.21 bits per heavy atom. The Kier molecular flexibility index (Phi) is 11.3. The average molecular weight is 577 g/mol. The van der Waals surface area contributed by atoms with Gasteiger partial charge in [0.2, 0.25) is 0 Å². The summed E-state index contributed by atoms with van der Waals surface area (Å²) in [6, 6.07) is 17.3. The maximum Gasteiger partial charge on any atom is 0.343 e. The van der Waals surface area contributed by atoms with Crippen LogP contribution in [0.3, 0.4) is 0 Å². The van der Waals surface area contributed by atoms with E-state index < -0.39 is 17.9 Å². The molecule has 0 saturated carbocycles. The zero-order valence-electron chi connectivity index (χ0n) is 24.0. The Balaban J connectivity index is 1.45. The number of ether oxygens (including phenoxy) is 6. The number of hydrogen-bond acceptors (Lipinski definition) is 9. The fourth-order valence-electron chi connectivity index (χ4n) is 3.78. The molecular weight excluding hydrogens is 540 g/mol. The molecule has 1 heterocycles. The lowest BCUT2D eigenvalue weighted by molar-refractivity contribution is 0.0485. The minimum atomic E-state index is -0.718. The van der Waals surface area contributed by atoms with Crippen LogP contribution in [0.4, 0.5) is 0 Å². The van der Waals surface area contributed by atoms with Crippen molar-refractivity contribution in [3.05, 3.63) is 83.4 Å². The van der Waals surface area contributed by atoms with Crippen LogP contribution >= 0.6 is 0 Å². The monoisotopic (exact) mass is 576 g/mol. The van der Waals surface area contributed by atoms with Gasteiger partial charge in [-0.1, -0.05) is 26.7 Å². The highest BCUT2D eigenvalue weighted by Crippen LogP contribution is 2.28. The van der Waals surface area contributed by atoms with Gasteiger partial charge < -0.3 is 28.4 Å². The van der Waals surface area contributed by atoms with Crippen LogP contribution in [0.15, 0.2) is 66.7 Å². The van der Waals surface area contributed by atoms with E-state index in [1.54, 1.807) is 48.5 Å². The van der Waals surface area contributed by atoms with Crippen LogP contribution < -0.4 is 18.9 Å². The zero-order chi connectivity index (χ0) is 29.7. The van der Waals surface area contributed by atoms with Gasteiger partial charge in [-0.25, -0.2) is 14.4 Å². The summed E-state index contributed by atoms with van der Waals surface area (Å²) >= 11 is 0. The molecule has 9 heteroatoms. The molecule has 0 spiro atoms. The first-order valence-corrected chi connectivity index (χ1v) is 14.3. The van der Waals surface area contributed by atoms with Crippen molar-refractivity contribution < 1.29 is 42.8 Å². The van der Waals surface area contributed by atoms with Gasteiger partial charge in [0.05, 0.1) is 43.7 Å². The third-order valence-electron chi connectivity index (χ3n) is 6.37. The lowest BCUT2D eigenvalue weighted by atomic mass is 10.1. The first-order valence-electron chi connectivity index (χ1n) is 14.3. The van der Waals surface area contributed by atoms with Gasteiger partial charge in [0.1, 0.15) is 28.6 Å². The van der Waals surface area contributed by atoms with Gasteiger partial charge in [0.15, 0.2) is 0 Å². The molecule has 0 radical (unpaired) electrons. The van der Waals surface area contributed by atoms with Crippen molar-refractivity contribution >= 4 is 17.9 Å². The molecule has 222 valence electrons. The number of carbonyl (C=O) groups is 3. The van der Waals surface area contributed by atoms with Crippen molar-refractivity contribution in [3.63, 3.8) is 0 Å². The quantitative estimate of drug-likeness (QED) is 0.0825. The highest BCUT2D eigenvalue weighted by molar-refractivity contribution is 5.97. The molecule has 0 aromatic heterocycles. The Hall–Kier alpha value is -4.37. The number of rotatable bonds is 16. The van der Waals surface area contributed by atoms with Crippen LogP contribution in [0, 0.1) is 0 Å². The number of benzene rings is 3. The van der Waals surface area contributed by atoms with Gasteiger partial charge >= 0.3 is 17.9 Å². The van der Waals surface area contributed by atoms with E-state index in [9.17, 15) is 14.4 Å².